The highest BCUT2D eigenvalue weighted by molar-refractivity contribution is 7.89. The lowest BCUT2D eigenvalue weighted by molar-refractivity contribution is -0.00803. The molecule has 0 aliphatic carbocycles. The van der Waals surface area contributed by atoms with E-state index in [1.165, 1.54) is 12.1 Å². The van der Waals surface area contributed by atoms with Crippen LogP contribution in [0, 0.1) is 0 Å². The minimum atomic E-state index is -3.77. The van der Waals surface area contributed by atoms with E-state index in [0.717, 1.165) is 13.1 Å². The number of nitrogens with one attached hydrogen (secondary N) is 1. The molecule has 1 N–H and O–H groups in total. The Labute approximate surface area is 141 Å². The first-order valence-corrected chi connectivity index (χ1v) is 9.24. The molecule has 2 rings (SSSR count). The third kappa shape index (κ3) is 4.13. The Hall–Kier alpha value is -0.370. The van der Waals surface area contributed by atoms with Gasteiger partial charge in [-0.05, 0) is 26.0 Å². The van der Waals surface area contributed by atoms with Crippen molar-refractivity contribution in [1.82, 2.24) is 9.62 Å². The maximum absolute atomic E-state index is 12.5. The SMILES string of the molecule is CC(C)(CNS(=O)(=O)c1c(Cl)cccc1Cl)N1CCOCC1. The molecule has 1 aliphatic heterocycles. The minimum Gasteiger partial charge on any atom is -0.379 e. The smallest absolute Gasteiger partial charge is 0.243 e. The maximum atomic E-state index is 12.5. The van der Waals surface area contributed by atoms with Crippen molar-refractivity contribution >= 4 is 33.2 Å². The van der Waals surface area contributed by atoms with Gasteiger partial charge in [0.15, 0.2) is 0 Å². The van der Waals surface area contributed by atoms with Crippen LogP contribution in [0.5, 0.6) is 0 Å². The number of nitrogens with zero attached hydrogens (tertiary/aromatic N) is 1. The van der Waals surface area contributed by atoms with Gasteiger partial charge >= 0.3 is 0 Å². The molecule has 0 amide bonds. The van der Waals surface area contributed by atoms with Crippen molar-refractivity contribution in [1.29, 1.82) is 0 Å². The fourth-order valence-electron chi connectivity index (χ4n) is 2.36. The lowest BCUT2D eigenvalue weighted by atomic mass is 10.0. The molecule has 0 atom stereocenters. The number of rotatable bonds is 5. The molecule has 0 unspecified atom stereocenters. The number of benzene rings is 1. The van der Waals surface area contributed by atoms with Gasteiger partial charge in [-0.2, -0.15) is 0 Å². The molecular formula is C14H20Cl2N2O3S. The highest BCUT2D eigenvalue weighted by Crippen LogP contribution is 2.29. The van der Waals surface area contributed by atoms with Gasteiger partial charge in [0.05, 0.1) is 23.3 Å². The Balaban J connectivity index is 2.12. The van der Waals surface area contributed by atoms with E-state index in [0.29, 0.717) is 13.2 Å². The molecule has 1 aromatic carbocycles. The highest BCUT2D eigenvalue weighted by atomic mass is 35.5. The van der Waals surface area contributed by atoms with Gasteiger partial charge < -0.3 is 4.74 Å². The summed E-state index contributed by atoms with van der Waals surface area (Å²) >= 11 is 12.0. The predicted octanol–water partition coefficient (Wildman–Crippen LogP) is 2.38. The van der Waals surface area contributed by atoms with E-state index in [-0.39, 0.29) is 27.0 Å². The first-order chi connectivity index (χ1) is 10.2. The second-order valence-electron chi connectivity index (χ2n) is 5.79. The summed E-state index contributed by atoms with van der Waals surface area (Å²) in [5.41, 5.74) is -0.329. The number of morpholine rings is 1. The van der Waals surface area contributed by atoms with Gasteiger partial charge in [0.1, 0.15) is 4.90 Å². The van der Waals surface area contributed by atoms with Crippen molar-refractivity contribution in [2.24, 2.45) is 0 Å². The minimum absolute atomic E-state index is 0.0730. The van der Waals surface area contributed by atoms with E-state index >= 15 is 0 Å². The van der Waals surface area contributed by atoms with E-state index in [4.69, 9.17) is 27.9 Å². The van der Waals surface area contributed by atoms with E-state index in [1.807, 2.05) is 13.8 Å². The molecule has 0 bridgehead atoms. The first-order valence-electron chi connectivity index (χ1n) is 7.00. The normalized spacial score (nSPS) is 17.6. The number of hydrogen-bond donors (Lipinski definition) is 1. The summed E-state index contributed by atoms with van der Waals surface area (Å²) in [4.78, 5) is 2.13. The fourth-order valence-corrected chi connectivity index (χ4v) is 4.71. The zero-order valence-corrected chi connectivity index (χ0v) is 14.9. The largest absolute Gasteiger partial charge is 0.379 e. The second-order valence-corrected chi connectivity index (χ2v) is 8.31. The molecule has 1 fully saturated rings. The topological polar surface area (TPSA) is 58.6 Å². The van der Waals surface area contributed by atoms with Crippen LogP contribution in [-0.4, -0.2) is 51.7 Å². The summed E-state index contributed by atoms with van der Waals surface area (Å²) in [5, 5.41) is 0.230. The Morgan fingerprint density at radius 2 is 1.77 bits per heavy atom. The van der Waals surface area contributed by atoms with Crippen LogP contribution in [0.25, 0.3) is 0 Å². The molecule has 1 aromatic rings. The summed E-state index contributed by atoms with van der Waals surface area (Å²) in [7, 11) is -3.77. The van der Waals surface area contributed by atoms with Crippen molar-refractivity contribution in [3.63, 3.8) is 0 Å². The summed E-state index contributed by atoms with van der Waals surface area (Å²) in [5.74, 6) is 0. The Morgan fingerprint density at radius 3 is 2.32 bits per heavy atom. The molecule has 0 radical (unpaired) electrons. The third-order valence-electron chi connectivity index (χ3n) is 3.75. The van der Waals surface area contributed by atoms with Gasteiger partial charge in [0.25, 0.3) is 0 Å². The Kier molecular flexibility index (Phi) is 5.74. The van der Waals surface area contributed by atoms with E-state index < -0.39 is 10.0 Å². The molecular weight excluding hydrogens is 347 g/mol. The molecule has 1 aliphatic rings. The van der Waals surface area contributed by atoms with Crippen LogP contribution in [0.4, 0.5) is 0 Å². The first kappa shape index (κ1) is 18.0. The van der Waals surface area contributed by atoms with Crippen LogP contribution in [0.2, 0.25) is 10.0 Å². The number of halogens is 2. The zero-order chi connectivity index (χ0) is 16.4. The second kappa shape index (κ2) is 7.03. The van der Waals surface area contributed by atoms with Gasteiger partial charge in [-0.15, -0.1) is 0 Å². The zero-order valence-electron chi connectivity index (χ0n) is 12.6. The molecule has 1 saturated heterocycles. The van der Waals surface area contributed by atoms with Crippen molar-refractivity contribution < 1.29 is 13.2 Å². The molecule has 124 valence electrons. The number of hydrogen-bond acceptors (Lipinski definition) is 4. The van der Waals surface area contributed by atoms with Crippen LogP contribution < -0.4 is 4.72 Å². The lowest BCUT2D eigenvalue weighted by Crippen LogP contribution is -2.55. The van der Waals surface area contributed by atoms with Crippen molar-refractivity contribution in [3.05, 3.63) is 28.2 Å². The lowest BCUT2D eigenvalue weighted by Gasteiger charge is -2.40. The average Bonchev–Trinajstić information content (AvgIpc) is 2.46. The number of ether oxygens (including phenoxy) is 1. The van der Waals surface area contributed by atoms with Gasteiger partial charge in [0.2, 0.25) is 10.0 Å². The number of sulfonamides is 1. The fraction of sp³-hybridized carbons (Fsp3) is 0.571. The van der Waals surface area contributed by atoms with Crippen molar-refractivity contribution in [2.45, 2.75) is 24.3 Å². The van der Waals surface area contributed by atoms with Crippen molar-refractivity contribution in [2.75, 3.05) is 32.8 Å². The van der Waals surface area contributed by atoms with Gasteiger partial charge in [-0.25, -0.2) is 13.1 Å². The van der Waals surface area contributed by atoms with Crippen LogP contribution in [-0.2, 0) is 14.8 Å². The third-order valence-corrected chi connectivity index (χ3v) is 6.11. The maximum Gasteiger partial charge on any atom is 0.243 e. The van der Waals surface area contributed by atoms with Crippen LogP contribution in [0.1, 0.15) is 13.8 Å². The monoisotopic (exact) mass is 366 g/mol. The molecule has 0 saturated carbocycles. The summed E-state index contributed by atoms with van der Waals surface area (Å²) in [6.07, 6.45) is 0. The summed E-state index contributed by atoms with van der Waals surface area (Å²) in [6.45, 7) is 7.13. The van der Waals surface area contributed by atoms with Crippen molar-refractivity contribution in [3.8, 4) is 0 Å². The Morgan fingerprint density at radius 1 is 1.23 bits per heavy atom. The quantitative estimate of drug-likeness (QED) is 0.868. The molecule has 8 heteroatoms. The van der Waals surface area contributed by atoms with E-state index in [9.17, 15) is 8.42 Å². The van der Waals surface area contributed by atoms with Gasteiger partial charge in [0, 0.05) is 25.2 Å². The van der Waals surface area contributed by atoms with Gasteiger partial charge in [-0.3, -0.25) is 4.90 Å². The summed E-state index contributed by atoms with van der Waals surface area (Å²) in [6, 6.07) is 4.63. The molecule has 22 heavy (non-hydrogen) atoms. The molecule has 1 heterocycles. The molecule has 0 spiro atoms. The Bertz CT molecular complexity index is 609. The molecule has 0 aromatic heterocycles. The van der Waals surface area contributed by atoms with Crippen LogP contribution >= 0.6 is 23.2 Å². The van der Waals surface area contributed by atoms with Crippen LogP contribution in [0.3, 0.4) is 0 Å². The standard InChI is InChI=1S/C14H20Cl2N2O3S/c1-14(2,18-6-8-21-9-7-18)10-17-22(19,20)13-11(15)4-3-5-12(13)16/h3-5,17H,6-10H2,1-2H3. The highest BCUT2D eigenvalue weighted by Gasteiger charge is 2.31. The van der Waals surface area contributed by atoms with E-state index in [1.54, 1.807) is 6.07 Å². The van der Waals surface area contributed by atoms with Crippen LogP contribution in [0.15, 0.2) is 23.1 Å². The summed E-state index contributed by atoms with van der Waals surface area (Å²) < 4.78 is 32.9. The average molecular weight is 367 g/mol. The van der Waals surface area contributed by atoms with Gasteiger partial charge in [-0.1, -0.05) is 29.3 Å². The van der Waals surface area contributed by atoms with E-state index in [2.05, 4.69) is 9.62 Å². The molecule has 5 nitrogen and oxygen atoms in total. The predicted molar refractivity (Wildman–Crippen MR) is 88.1 cm³/mol.